The van der Waals surface area contributed by atoms with E-state index in [1.54, 1.807) is 6.33 Å². The number of nitrogens with two attached hydrogens (primary N) is 1. The average molecular weight is 220 g/mol. The van der Waals surface area contributed by atoms with Gasteiger partial charge in [0.1, 0.15) is 12.1 Å². The van der Waals surface area contributed by atoms with E-state index < -0.39 is 0 Å². The molecule has 1 aromatic heterocycles. The molecular weight excluding hydrogens is 200 g/mol. The van der Waals surface area contributed by atoms with Gasteiger partial charge in [-0.2, -0.15) is 0 Å². The van der Waals surface area contributed by atoms with E-state index in [9.17, 15) is 0 Å². The molecule has 0 aliphatic carbocycles. The Balaban J connectivity index is 2.12. The number of aromatic nitrogens is 2. The van der Waals surface area contributed by atoms with Gasteiger partial charge in [0.05, 0.1) is 0 Å². The van der Waals surface area contributed by atoms with E-state index in [1.165, 1.54) is 6.42 Å². The maximum absolute atomic E-state index is 5.69. The lowest BCUT2D eigenvalue weighted by atomic mass is 10.1. The SMILES string of the molecule is CC(C)c1cc(N2CCC(CN)C2)ncn1. The van der Waals surface area contributed by atoms with E-state index in [1.807, 2.05) is 0 Å². The van der Waals surface area contributed by atoms with Gasteiger partial charge in [0.15, 0.2) is 0 Å². The van der Waals surface area contributed by atoms with Crippen LogP contribution in [0.25, 0.3) is 0 Å². The third-order valence-corrected chi connectivity index (χ3v) is 3.21. The maximum Gasteiger partial charge on any atom is 0.132 e. The summed E-state index contributed by atoms with van der Waals surface area (Å²) < 4.78 is 0. The molecule has 0 bridgehead atoms. The molecular formula is C12H20N4. The summed E-state index contributed by atoms with van der Waals surface area (Å²) in [4.78, 5) is 10.9. The van der Waals surface area contributed by atoms with Gasteiger partial charge in [-0.25, -0.2) is 9.97 Å². The smallest absolute Gasteiger partial charge is 0.132 e. The Kier molecular flexibility index (Phi) is 3.39. The fourth-order valence-corrected chi connectivity index (χ4v) is 2.08. The van der Waals surface area contributed by atoms with Gasteiger partial charge in [-0.1, -0.05) is 13.8 Å². The van der Waals surface area contributed by atoms with Crippen molar-refractivity contribution in [3.63, 3.8) is 0 Å². The van der Waals surface area contributed by atoms with Crippen LogP contribution in [0.2, 0.25) is 0 Å². The Labute approximate surface area is 96.9 Å². The van der Waals surface area contributed by atoms with Gasteiger partial charge in [0, 0.05) is 24.8 Å². The van der Waals surface area contributed by atoms with Gasteiger partial charge in [-0.3, -0.25) is 0 Å². The topological polar surface area (TPSA) is 55.0 Å². The molecule has 1 saturated heterocycles. The van der Waals surface area contributed by atoms with Crippen molar-refractivity contribution in [3.8, 4) is 0 Å². The number of hydrogen-bond acceptors (Lipinski definition) is 4. The maximum atomic E-state index is 5.69. The Morgan fingerprint density at radius 2 is 2.31 bits per heavy atom. The first-order valence-corrected chi connectivity index (χ1v) is 5.97. The first-order chi connectivity index (χ1) is 7.70. The van der Waals surface area contributed by atoms with Crippen molar-refractivity contribution < 1.29 is 0 Å². The van der Waals surface area contributed by atoms with Gasteiger partial charge in [0.25, 0.3) is 0 Å². The molecule has 0 spiro atoms. The predicted molar refractivity (Wildman–Crippen MR) is 65.5 cm³/mol. The molecule has 4 nitrogen and oxygen atoms in total. The van der Waals surface area contributed by atoms with Crippen molar-refractivity contribution in [2.24, 2.45) is 11.7 Å². The molecule has 1 aliphatic heterocycles. The molecule has 2 heterocycles. The summed E-state index contributed by atoms with van der Waals surface area (Å²) in [7, 11) is 0. The van der Waals surface area contributed by atoms with Crippen LogP contribution in [-0.2, 0) is 0 Å². The molecule has 2 N–H and O–H groups in total. The molecule has 0 radical (unpaired) electrons. The zero-order valence-corrected chi connectivity index (χ0v) is 10.1. The van der Waals surface area contributed by atoms with Crippen LogP contribution in [0.4, 0.5) is 5.82 Å². The molecule has 1 fully saturated rings. The summed E-state index contributed by atoms with van der Waals surface area (Å²) in [5.74, 6) is 2.13. The van der Waals surface area contributed by atoms with Crippen molar-refractivity contribution in [2.75, 3.05) is 24.5 Å². The van der Waals surface area contributed by atoms with Crippen molar-refractivity contribution in [1.29, 1.82) is 0 Å². The molecule has 88 valence electrons. The molecule has 1 atom stereocenters. The Morgan fingerprint density at radius 3 is 2.94 bits per heavy atom. The van der Waals surface area contributed by atoms with Crippen molar-refractivity contribution in [2.45, 2.75) is 26.2 Å². The summed E-state index contributed by atoms with van der Waals surface area (Å²) in [5, 5.41) is 0. The number of hydrogen-bond donors (Lipinski definition) is 1. The third-order valence-electron chi connectivity index (χ3n) is 3.21. The van der Waals surface area contributed by atoms with E-state index >= 15 is 0 Å². The third kappa shape index (κ3) is 2.32. The van der Waals surface area contributed by atoms with E-state index in [4.69, 9.17) is 5.73 Å². The molecule has 1 aliphatic rings. The largest absolute Gasteiger partial charge is 0.356 e. The number of rotatable bonds is 3. The number of nitrogens with zero attached hydrogens (tertiary/aromatic N) is 3. The minimum absolute atomic E-state index is 0.453. The zero-order chi connectivity index (χ0) is 11.5. The Morgan fingerprint density at radius 1 is 1.50 bits per heavy atom. The predicted octanol–water partition coefficient (Wildman–Crippen LogP) is 1.39. The fourth-order valence-electron chi connectivity index (χ4n) is 2.08. The first-order valence-electron chi connectivity index (χ1n) is 5.97. The molecule has 1 unspecified atom stereocenters. The highest BCUT2D eigenvalue weighted by molar-refractivity contribution is 5.40. The zero-order valence-electron chi connectivity index (χ0n) is 10.1. The van der Waals surface area contributed by atoms with Crippen LogP contribution in [0.5, 0.6) is 0 Å². The molecule has 0 saturated carbocycles. The standard InChI is InChI=1S/C12H20N4/c1-9(2)11-5-12(15-8-14-11)16-4-3-10(6-13)7-16/h5,8-10H,3-4,6-7,13H2,1-2H3. The van der Waals surface area contributed by atoms with Crippen LogP contribution in [0, 0.1) is 5.92 Å². The second kappa shape index (κ2) is 4.78. The molecule has 0 aromatic carbocycles. The molecule has 16 heavy (non-hydrogen) atoms. The molecule has 1 aromatic rings. The lowest BCUT2D eigenvalue weighted by Crippen LogP contribution is -2.23. The van der Waals surface area contributed by atoms with Crippen LogP contribution < -0.4 is 10.6 Å². The summed E-state index contributed by atoms with van der Waals surface area (Å²) in [6.07, 6.45) is 2.85. The number of anilines is 1. The van der Waals surface area contributed by atoms with E-state index in [2.05, 4.69) is 34.8 Å². The van der Waals surface area contributed by atoms with Crippen LogP contribution in [0.3, 0.4) is 0 Å². The van der Waals surface area contributed by atoms with Crippen LogP contribution in [0.15, 0.2) is 12.4 Å². The van der Waals surface area contributed by atoms with Crippen molar-refractivity contribution in [1.82, 2.24) is 9.97 Å². The lowest BCUT2D eigenvalue weighted by molar-refractivity contribution is 0.602. The Hall–Kier alpha value is -1.16. The van der Waals surface area contributed by atoms with E-state index in [0.717, 1.165) is 31.1 Å². The van der Waals surface area contributed by atoms with Crippen LogP contribution >= 0.6 is 0 Å². The second-order valence-electron chi connectivity index (χ2n) is 4.79. The first kappa shape index (κ1) is 11.3. The van der Waals surface area contributed by atoms with Crippen molar-refractivity contribution in [3.05, 3.63) is 18.1 Å². The van der Waals surface area contributed by atoms with Crippen molar-refractivity contribution >= 4 is 5.82 Å². The highest BCUT2D eigenvalue weighted by atomic mass is 15.2. The van der Waals surface area contributed by atoms with Gasteiger partial charge in [-0.15, -0.1) is 0 Å². The summed E-state index contributed by atoms with van der Waals surface area (Å²) in [6, 6.07) is 2.10. The highest BCUT2D eigenvalue weighted by Gasteiger charge is 2.22. The quantitative estimate of drug-likeness (QED) is 0.836. The fraction of sp³-hybridized carbons (Fsp3) is 0.667. The average Bonchev–Trinajstić information content (AvgIpc) is 2.77. The molecule has 2 rings (SSSR count). The van der Waals surface area contributed by atoms with Gasteiger partial charge in [-0.05, 0) is 24.8 Å². The van der Waals surface area contributed by atoms with E-state index in [0.29, 0.717) is 11.8 Å². The second-order valence-corrected chi connectivity index (χ2v) is 4.79. The van der Waals surface area contributed by atoms with Gasteiger partial charge < -0.3 is 10.6 Å². The van der Waals surface area contributed by atoms with Crippen LogP contribution in [0.1, 0.15) is 31.9 Å². The Bertz CT molecular complexity index is 351. The normalized spacial score (nSPS) is 20.8. The monoisotopic (exact) mass is 220 g/mol. The minimum Gasteiger partial charge on any atom is -0.356 e. The summed E-state index contributed by atoms with van der Waals surface area (Å²) in [6.45, 7) is 7.18. The molecule has 0 amide bonds. The van der Waals surface area contributed by atoms with Gasteiger partial charge in [0.2, 0.25) is 0 Å². The lowest BCUT2D eigenvalue weighted by Gasteiger charge is -2.18. The van der Waals surface area contributed by atoms with Gasteiger partial charge >= 0.3 is 0 Å². The van der Waals surface area contributed by atoms with E-state index in [-0.39, 0.29) is 0 Å². The van der Waals surface area contributed by atoms with Crippen LogP contribution in [-0.4, -0.2) is 29.6 Å². The summed E-state index contributed by atoms with van der Waals surface area (Å²) in [5.41, 5.74) is 6.81. The highest BCUT2D eigenvalue weighted by Crippen LogP contribution is 2.23. The summed E-state index contributed by atoms with van der Waals surface area (Å²) >= 11 is 0. The molecule has 4 heteroatoms. The minimum atomic E-state index is 0.453.